The molecule has 0 fully saturated rings. The first-order chi connectivity index (χ1) is 14.1. The van der Waals surface area contributed by atoms with Gasteiger partial charge in [0.1, 0.15) is 6.04 Å². The summed E-state index contributed by atoms with van der Waals surface area (Å²) < 4.78 is 5.24. The van der Waals surface area contributed by atoms with Crippen LogP contribution >= 0.6 is 12.6 Å². The number of carbonyl (C=O) groups is 1. The highest BCUT2D eigenvalue weighted by molar-refractivity contribution is 7.80. The second-order valence-electron chi connectivity index (χ2n) is 9.11. The quantitative estimate of drug-likeness (QED) is 0.240. The van der Waals surface area contributed by atoms with Gasteiger partial charge in [0, 0.05) is 12.3 Å². The zero-order valence-corrected chi connectivity index (χ0v) is 20.8. The Labute approximate surface area is 189 Å². The molecule has 0 bridgehead atoms. The lowest BCUT2D eigenvalue weighted by Gasteiger charge is -2.32. The van der Waals surface area contributed by atoms with Gasteiger partial charge in [0.25, 0.3) is 0 Å². The van der Waals surface area contributed by atoms with E-state index in [1.54, 1.807) is 0 Å². The van der Waals surface area contributed by atoms with E-state index in [1.807, 2.05) is 13.8 Å². The van der Waals surface area contributed by atoms with Crippen molar-refractivity contribution in [2.24, 2.45) is 5.41 Å². The lowest BCUT2D eigenvalue weighted by Crippen LogP contribution is -2.40. The Morgan fingerprint density at radius 2 is 1.93 bits per heavy atom. The molecule has 1 aliphatic rings. The molecule has 3 nitrogen and oxygen atoms in total. The molecule has 0 saturated heterocycles. The van der Waals surface area contributed by atoms with E-state index in [-0.39, 0.29) is 17.5 Å². The summed E-state index contributed by atoms with van der Waals surface area (Å²) in [7, 11) is 0. The van der Waals surface area contributed by atoms with Gasteiger partial charge in [-0.1, -0.05) is 67.0 Å². The van der Waals surface area contributed by atoms with Gasteiger partial charge in [0.15, 0.2) is 0 Å². The number of nitrogens with one attached hydrogen (secondary N) is 1. The highest BCUT2D eigenvalue weighted by Gasteiger charge is 2.26. The predicted molar refractivity (Wildman–Crippen MR) is 133 cm³/mol. The number of hydrogen-bond donors (Lipinski definition) is 2. The van der Waals surface area contributed by atoms with Gasteiger partial charge in [-0.3, -0.25) is 4.79 Å². The van der Waals surface area contributed by atoms with Gasteiger partial charge in [-0.05, 0) is 64.9 Å². The molecule has 0 aromatic carbocycles. The van der Waals surface area contributed by atoms with Crippen molar-refractivity contribution in [3.05, 3.63) is 58.7 Å². The topological polar surface area (TPSA) is 38.3 Å². The molecule has 1 rings (SSSR count). The number of hydrogen-bond acceptors (Lipinski definition) is 4. The Morgan fingerprint density at radius 1 is 1.23 bits per heavy atom. The van der Waals surface area contributed by atoms with E-state index in [2.05, 4.69) is 89.0 Å². The standard InChI is InChI=1S/C26H41NO2S/c1-19(2)29-25(28)24(18-30)27-17-15-21(4)11-8-10-20(3)13-14-23-22(5)12-9-16-26(23,6)7/h8,10-11,13-15,19,24,27,30H,9,12,16-18H2,1-7H3/b11-8+,14-13+,20-10+,21-15+/t24-/m0/s1. The predicted octanol–water partition coefficient (Wildman–Crippen LogP) is 6.36. The summed E-state index contributed by atoms with van der Waals surface area (Å²) in [6, 6.07) is -0.391. The fourth-order valence-electron chi connectivity index (χ4n) is 3.60. The van der Waals surface area contributed by atoms with Gasteiger partial charge >= 0.3 is 5.97 Å². The molecule has 0 spiro atoms. The van der Waals surface area contributed by atoms with E-state index in [0.717, 1.165) is 5.57 Å². The molecule has 0 heterocycles. The van der Waals surface area contributed by atoms with Gasteiger partial charge in [-0.2, -0.15) is 12.6 Å². The Morgan fingerprint density at radius 3 is 2.53 bits per heavy atom. The normalized spacial score (nSPS) is 19.2. The molecular formula is C26H41NO2S. The molecule has 0 aromatic rings. The fourth-order valence-corrected chi connectivity index (χ4v) is 3.88. The monoisotopic (exact) mass is 431 g/mol. The van der Waals surface area contributed by atoms with Gasteiger partial charge in [0.05, 0.1) is 6.10 Å². The van der Waals surface area contributed by atoms with E-state index in [1.165, 1.54) is 36.0 Å². The van der Waals surface area contributed by atoms with Crippen LogP contribution in [0.3, 0.4) is 0 Å². The summed E-state index contributed by atoms with van der Waals surface area (Å²) in [4.78, 5) is 12.0. The number of ether oxygens (including phenoxy) is 1. The highest BCUT2D eigenvalue weighted by Crippen LogP contribution is 2.40. The summed E-state index contributed by atoms with van der Waals surface area (Å²) in [5.41, 5.74) is 5.65. The van der Waals surface area contributed by atoms with Crippen molar-refractivity contribution in [2.75, 3.05) is 12.3 Å². The molecule has 30 heavy (non-hydrogen) atoms. The molecule has 168 valence electrons. The molecule has 1 atom stereocenters. The summed E-state index contributed by atoms with van der Waals surface area (Å²) in [6.45, 7) is 15.4. The summed E-state index contributed by atoms with van der Waals surface area (Å²) in [5, 5.41) is 3.18. The minimum absolute atomic E-state index is 0.115. The molecule has 0 unspecified atom stereocenters. The van der Waals surface area contributed by atoms with Crippen LogP contribution in [-0.2, 0) is 9.53 Å². The lowest BCUT2D eigenvalue weighted by atomic mass is 9.72. The van der Waals surface area contributed by atoms with Crippen molar-refractivity contribution in [1.29, 1.82) is 0 Å². The smallest absolute Gasteiger partial charge is 0.324 e. The minimum Gasteiger partial charge on any atom is -0.462 e. The first-order valence-corrected chi connectivity index (χ1v) is 11.6. The van der Waals surface area contributed by atoms with Crippen molar-refractivity contribution in [3.8, 4) is 0 Å². The molecule has 0 aliphatic heterocycles. The number of allylic oxidation sites excluding steroid dienone is 9. The third kappa shape index (κ3) is 9.53. The number of rotatable bonds is 10. The Hall–Kier alpha value is -1.52. The Balaban J connectivity index is 2.60. The second-order valence-corrected chi connectivity index (χ2v) is 9.48. The first-order valence-electron chi connectivity index (χ1n) is 11.0. The second kappa shape index (κ2) is 13.0. The number of thiol groups is 1. The van der Waals surface area contributed by atoms with Gasteiger partial charge in [0.2, 0.25) is 0 Å². The van der Waals surface area contributed by atoms with Crippen LogP contribution in [-0.4, -0.2) is 30.4 Å². The van der Waals surface area contributed by atoms with E-state index in [4.69, 9.17) is 4.74 Å². The van der Waals surface area contributed by atoms with Gasteiger partial charge in [-0.15, -0.1) is 0 Å². The molecule has 1 aliphatic carbocycles. The number of carbonyl (C=O) groups excluding carboxylic acids is 1. The Bertz CT molecular complexity index is 723. The van der Waals surface area contributed by atoms with Crippen molar-refractivity contribution < 1.29 is 9.53 Å². The van der Waals surface area contributed by atoms with Gasteiger partial charge in [-0.25, -0.2) is 0 Å². The molecule has 4 heteroatoms. The average molecular weight is 432 g/mol. The maximum Gasteiger partial charge on any atom is 0.324 e. The molecule has 0 aromatic heterocycles. The molecular weight excluding hydrogens is 390 g/mol. The zero-order chi connectivity index (χ0) is 22.7. The van der Waals surface area contributed by atoms with Crippen LogP contribution in [0.25, 0.3) is 0 Å². The highest BCUT2D eigenvalue weighted by atomic mass is 32.1. The summed E-state index contributed by atoms with van der Waals surface area (Å²) in [5.74, 6) is 0.161. The van der Waals surface area contributed by atoms with E-state index >= 15 is 0 Å². The fraction of sp³-hybridized carbons (Fsp3) is 0.577. The minimum atomic E-state index is -0.391. The van der Waals surface area contributed by atoms with Crippen LogP contribution in [0.2, 0.25) is 0 Å². The Kier molecular flexibility index (Phi) is 11.5. The lowest BCUT2D eigenvalue weighted by molar-refractivity contribution is -0.149. The van der Waals surface area contributed by atoms with E-state index in [9.17, 15) is 4.79 Å². The molecule has 1 N–H and O–H groups in total. The summed E-state index contributed by atoms with van der Waals surface area (Å²) >= 11 is 4.24. The number of esters is 1. The van der Waals surface area contributed by atoms with Crippen LogP contribution in [0.5, 0.6) is 0 Å². The van der Waals surface area contributed by atoms with Crippen LogP contribution in [0.15, 0.2) is 58.7 Å². The van der Waals surface area contributed by atoms with Crippen molar-refractivity contribution >= 4 is 18.6 Å². The SMILES string of the molecule is CC1=C(/C=C/C(C)=C/C=C/C(C)=C/CN[C@@H](CS)C(=O)OC(C)C)C(C)(C)CCC1. The van der Waals surface area contributed by atoms with Crippen molar-refractivity contribution in [3.63, 3.8) is 0 Å². The van der Waals surface area contributed by atoms with Crippen LogP contribution in [0, 0.1) is 5.41 Å². The third-order valence-electron chi connectivity index (χ3n) is 5.38. The largest absolute Gasteiger partial charge is 0.462 e. The van der Waals surface area contributed by atoms with Crippen LogP contribution in [0.4, 0.5) is 0 Å². The average Bonchev–Trinajstić information content (AvgIpc) is 2.63. The summed E-state index contributed by atoms with van der Waals surface area (Å²) in [6.07, 6.45) is 16.5. The van der Waals surface area contributed by atoms with Crippen LogP contribution < -0.4 is 5.32 Å². The first kappa shape index (κ1) is 26.5. The van der Waals surface area contributed by atoms with E-state index in [0.29, 0.717) is 12.3 Å². The maximum atomic E-state index is 12.0. The van der Waals surface area contributed by atoms with Crippen molar-refractivity contribution in [2.45, 2.75) is 79.9 Å². The van der Waals surface area contributed by atoms with Gasteiger partial charge < -0.3 is 10.1 Å². The van der Waals surface area contributed by atoms with Crippen molar-refractivity contribution in [1.82, 2.24) is 5.32 Å². The molecule has 0 saturated carbocycles. The van der Waals surface area contributed by atoms with Crippen LogP contribution in [0.1, 0.15) is 67.7 Å². The molecule has 0 radical (unpaired) electrons. The third-order valence-corrected chi connectivity index (χ3v) is 5.75. The van der Waals surface area contributed by atoms with E-state index < -0.39 is 6.04 Å². The zero-order valence-electron chi connectivity index (χ0n) is 19.9. The maximum absolute atomic E-state index is 12.0. The molecule has 0 amide bonds.